The van der Waals surface area contributed by atoms with Crippen molar-refractivity contribution in [2.45, 2.75) is 38.5 Å². The summed E-state index contributed by atoms with van der Waals surface area (Å²) in [5.74, 6) is 0. The molecular weight excluding hydrogens is 212 g/mol. The summed E-state index contributed by atoms with van der Waals surface area (Å²) in [7, 11) is 0. The third-order valence-electron chi connectivity index (χ3n) is 2.12. The second kappa shape index (κ2) is 4.59. The number of hydrogen-bond acceptors (Lipinski definition) is 5. The lowest BCUT2D eigenvalue weighted by Gasteiger charge is -2.23. The van der Waals surface area contributed by atoms with Gasteiger partial charge in [0, 0.05) is 0 Å². The van der Waals surface area contributed by atoms with Gasteiger partial charge in [0.15, 0.2) is 6.04 Å². The van der Waals surface area contributed by atoms with Gasteiger partial charge in [-0.15, -0.1) is 0 Å². The van der Waals surface area contributed by atoms with Gasteiger partial charge < -0.3 is 14.7 Å². The number of hydrogen-bond donors (Lipinski definition) is 2. The van der Waals surface area contributed by atoms with Crippen molar-refractivity contribution in [3.8, 4) is 0 Å². The van der Waals surface area contributed by atoms with E-state index in [9.17, 15) is 9.90 Å². The van der Waals surface area contributed by atoms with Gasteiger partial charge in [-0.3, -0.25) is 0 Å². The van der Waals surface area contributed by atoms with E-state index in [2.05, 4.69) is 10.0 Å². The number of ether oxygens (including phenoxy) is 1. The van der Waals surface area contributed by atoms with Crippen LogP contribution in [-0.4, -0.2) is 46.9 Å². The maximum Gasteiger partial charge on any atom is 0.410 e. The van der Waals surface area contributed by atoms with Gasteiger partial charge >= 0.3 is 6.09 Å². The smallest absolute Gasteiger partial charge is 0.410 e. The van der Waals surface area contributed by atoms with E-state index in [0.29, 0.717) is 0 Å². The van der Waals surface area contributed by atoms with Crippen LogP contribution in [-0.2, 0) is 4.74 Å². The summed E-state index contributed by atoms with van der Waals surface area (Å²) < 4.78 is 5.15. The lowest BCUT2D eigenvalue weighted by atomic mass is 10.2. The number of amides is 1. The average molecular weight is 229 g/mol. The number of carbonyl (C=O) groups excluding carboxylic acids is 1. The minimum absolute atomic E-state index is 0.165. The van der Waals surface area contributed by atoms with Gasteiger partial charge in [0.2, 0.25) is 4.91 Å². The molecule has 0 aliphatic carbocycles. The van der Waals surface area contributed by atoms with E-state index in [1.807, 2.05) is 0 Å². The number of nitrogens with one attached hydrogen (secondary N) is 1. The van der Waals surface area contributed by atoms with Gasteiger partial charge in [0.25, 0.3) is 0 Å². The first-order valence-electron chi connectivity index (χ1n) is 5.06. The monoisotopic (exact) mass is 229 g/mol. The summed E-state index contributed by atoms with van der Waals surface area (Å²) in [6, 6.07) is -0.523. The molecule has 90 valence electrons. The van der Waals surface area contributed by atoms with Crippen molar-refractivity contribution >= 4 is 6.09 Å². The molecule has 0 aromatic carbocycles. The molecule has 1 aliphatic heterocycles. The Bertz CT molecular complexity index is 319. The van der Waals surface area contributed by atoms with Crippen LogP contribution in [0.1, 0.15) is 20.8 Å². The second-order valence-corrected chi connectivity index (χ2v) is 4.74. The molecule has 7 heteroatoms. The first kappa shape index (κ1) is 12.6. The maximum absolute atomic E-state index is 11.6. The first-order chi connectivity index (χ1) is 7.33. The van der Waals surface area contributed by atoms with Crippen molar-refractivity contribution in [1.29, 1.82) is 5.53 Å². The highest BCUT2D eigenvalue weighted by atomic mass is 16.6. The zero-order chi connectivity index (χ0) is 12.3. The van der Waals surface area contributed by atoms with Crippen molar-refractivity contribution in [2.24, 2.45) is 5.11 Å². The van der Waals surface area contributed by atoms with Crippen LogP contribution in [0.2, 0.25) is 0 Å². The Hall–Kier alpha value is -1.46. The fraction of sp³-hybridized carbons (Fsp3) is 0.889. The van der Waals surface area contributed by atoms with E-state index in [-0.39, 0.29) is 13.1 Å². The molecule has 16 heavy (non-hydrogen) atoms. The fourth-order valence-electron chi connectivity index (χ4n) is 1.43. The summed E-state index contributed by atoms with van der Waals surface area (Å²) in [6.07, 6.45) is -1.25. The Kier molecular flexibility index (Phi) is 3.62. The first-order valence-corrected chi connectivity index (χ1v) is 5.06. The number of aliphatic hydroxyl groups is 1. The third-order valence-corrected chi connectivity index (χ3v) is 2.12. The number of β-amino-alcohol motifs (C(OH)–C–C–N with tert-alkyl or cyclic N) is 1. The van der Waals surface area contributed by atoms with Gasteiger partial charge in [-0.2, -0.15) is 0 Å². The number of aliphatic hydroxyl groups excluding tert-OH is 1. The zero-order valence-electron chi connectivity index (χ0n) is 9.67. The number of nitrogens with zero attached hydrogens (tertiary/aromatic N) is 3. The van der Waals surface area contributed by atoms with E-state index >= 15 is 0 Å². The maximum atomic E-state index is 11.6. The highest BCUT2D eigenvalue weighted by Crippen LogP contribution is 2.17. The second-order valence-electron chi connectivity index (χ2n) is 4.74. The highest BCUT2D eigenvalue weighted by molar-refractivity contribution is 5.68. The molecule has 0 saturated carbocycles. The molecule has 1 aliphatic rings. The van der Waals surface area contributed by atoms with E-state index in [0.717, 1.165) is 0 Å². The Labute approximate surface area is 93.6 Å². The topological polar surface area (TPSA) is 100 Å². The van der Waals surface area contributed by atoms with Crippen molar-refractivity contribution in [1.82, 2.24) is 9.81 Å². The van der Waals surface area contributed by atoms with Crippen LogP contribution in [0.5, 0.6) is 0 Å². The number of rotatable bonds is 1. The summed E-state index contributed by atoms with van der Waals surface area (Å²) in [4.78, 5) is 15.9. The molecule has 0 spiro atoms. The molecule has 2 atom stereocenters. The predicted molar refractivity (Wildman–Crippen MR) is 54.9 cm³/mol. The van der Waals surface area contributed by atoms with Crippen molar-refractivity contribution in [3.63, 3.8) is 0 Å². The minimum atomic E-state index is -0.776. The van der Waals surface area contributed by atoms with Crippen LogP contribution in [0.3, 0.4) is 0 Å². The molecule has 0 aromatic rings. The molecule has 0 bridgehead atoms. The van der Waals surface area contributed by atoms with Crippen LogP contribution in [0.15, 0.2) is 5.11 Å². The summed E-state index contributed by atoms with van der Waals surface area (Å²) in [5.41, 5.74) is 6.03. The fourth-order valence-corrected chi connectivity index (χ4v) is 1.43. The van der Waals surface area contributed by atoms with Crippen molar-refractivity contribution in [3.05, 3.63) is 0 Å². The highest BCUT2D eigenvalue weighted by Gasteiger charge is 2.38. The molecule has 1 fully saturated rings. The Morgan fingerprint density at radius 2 is 2.19 bits per heavy atom. The van der Waals surface area contributed by atoms with Crippen molar-refractivity contribution in [2.75, 3.05) is 13.1 Å². The van der Waals surface area contributed by atoms with Crippen LogP contribution in [0.25, 0.3) is 0 Å². The Morgan fingerprint density at radius 3 is 2.69 bits per heavy atom. The molecular formula is C9H17N4O3+. The molecule has 1 rings (SSSR count). The van der Waals surface area contributed by atoms with Gasteiger partial charge in [-0.1, -0.05) is 0 Å². The molecule has 1 heterocycles. The molecule has 7 nitrogen and oxygen atoms in total. The summed E-state index contributed by atoms with van der Waals surface area (Å²) in [6.45, 7) is 5.73. The van der Waals surface area contributed by atoms with E-state index in [1.165, 1.54) is 4.90 Å². The Balaban J connectivity index is 2.58. The predicted octanol–water partition coefficient (Wildman–Crippen LogP) is 0.517. The molecule has 1 amide bonds. The average Bonchev–Trinajstić information content (AvgIpc) is 2.46. The van der Waals surface area contributed by atoms with Crippen LogP contribution in [0.4, 0.5) is 4.79 Å². The van der Waals surface area contributed by atoms with E-state index < -0.39 is 23.8 Å². The quantitative estimate of drug-likeness (QED) is 0.506. The molecule has 0 radical (unpaired) electrons. The lowest BCUT2D eigenvalue weighted by Crippen LogP contribution is -2.36. The van der Waals surface area contributed by atoms with E-state index in [1.54, 1.807) is 20.8 Å². The van der Waals surface area contributed by atoms with Gasteiger partial charge in [0.1, 0.15) is 22.4 Å². The number of carbonyl (C=O) groups is 1. The number of likely N-dealkylation sites (tertiary alicyclic amines) is 1. The third kappa shape index (κ3) is 3.29. The zero-order valence-corrected chi connectivity index (χ0v) is 9.67. The van der Waals surface area contributed by atoms with Crippen LogP contribution >= 0.6 is 0 Å². The molecule has 2 unspecified atom stereocenters. The molecule has 0 aromatic heterocycles. The molecule has 1 saturated heterocycles. The van der Waals surface area contributed by atoms with Crippen molar-refractivity contribution < 1.29 is 14.6 Å². The minimum Gasteiger partial charge on any atom is -0.444 e. The van der Waals surface area contributed by atoms with Gasteiger partial charge in [0.05, 0.1) is 13.1 Å². The van der Waals surface area contributed by atoms with Gasteiger partial charge in [-0.05, 0) is 20.8 Å². The summed E-state index contributed by atoms with van der Waals surface area (Å²) >= 11 is 0. The largest absolute Gasteiger partial charge is 0.444 e. The summed E-state index contributed by atoms with van der Waals surface area (Å²) in [5, 5.41) is 13.1. The lowest BCUT2D eigenvalue weighted by molar-refractivity contribution is 0.0270. The standard InChI is InChI=1S/C9H17N4O3/c1-9(2,3)16-8(15)13-4-6(11-12-10)7(14)5-13/h6-7,10,14H,4-5H2,1-3H3/q+1. The normalized spacial score (nSPS) is 25.1. The molecule has 2 N–H and O–H groups in total. The van der Waals surface area contributed by atoms with Gasteiger partial charge in [-0.25, -0.2) is 4.79 Å². The Morgan fingerprint density at radius 1 is 1.56 bits per heavy atom. The SMILES string of the molecule is CC(C)(C)OC(=O)N1CC(O)C(N=[N+]=N)C1. The van der Waals surface area contributed by atoms with E-state index in [4.69, 9.17) is 10.3 Å². The van der Waals surface area contributed by atoms with Crippen LogP contribution < -0.4 is 4.91 Å². The van der Waals surface area contributed by atoms with Crippen LogP contribution in [0, 0.1) is 5.53 Å².